The average molecular weight is 165 g/mol. The van der Waals surface area contributed by atoms with Crippen LogP contribution in [-0.2, 0) is 0 Å². The van der Waals surface area contributed by atoms with Gasteiger partial charge >= 0.3 is 0 Å². The predicted molar refractivity (Wildman–Crippen MR) is 49.8 cm³/mol. The summed E-state index contributed by atoms with van der Waals surface area (Å²) in [6.45, 7) is 0. The molecule has 1 aliphatic rings. The van der Waals surface area contributed by atoms with Gasteiger partial charge in [0.05, 0.1) is 0 Å². The van der Waals surface area contributed by atoms with E-state index in [9.17, 15) is 0 Å². The van der Waals surface area contributed by atoms with Gasteiger partial charge in [-0.2, -0.15) is 0 Å². The Balaban J connectivity index is 2.04. The zero-order valence-corrected chi connectivity index (χ0v) is 7.44. The van der Waals surface area contributed by atoms with Crippen molar-refractivity contribution in [2.45, 2.75) is 31.6 Å². The van der Waals surface area contributed by atoms with Gasteiger partial charge in [0.25, 0.3) is 0 Å². The lowest BCUT2D eigenvalue weighted by Gasteiger charge is -2.19. The normalized spacial score (nSPS) is 20.4. The van der Waals surface area contributed by atoms with Gasteiger partial charge in [-0.05, 0) is 49.5 Å². The molecule has 1 aromatic heterocycles. The Kier molecular flexibility index (Phi) is 2.27. The molecule has 0 amide bonds. The molecular formula is C10H13S. The smallest absolute Gasteiger partial charge is 0.00761 e. The molecule has 0 unspecified atom stereocenters. The number of hydrogen-bond donors (Lipinski definition) is 0. The minimum absolute atomic E-state index is 0.875. The lowest BCUT2D eigenvalue weighted by molar-refractivity contribution is 0.518. The third-order valence-corrected chi connectivity index (χ3v) is 3.42. The Labute approximate surface area is 72.3 Å². The van der Waals surface area contributed by atoms with Crippen molar-refractivity contribution in [3.8, 4) is 0 Å². The second-order valence-corrected chi connectivity index (χ2v) is 4.13. The summed E-state index contributed by atoms with van der Waals surface area (Å²) < 4.78 is 0. The maximum Gasteiger partial charge on any atom is 0.00761 e. The molecular weight excluding hydrogens is 152 g/mol. The molecule has 0 bridgehead atoms. The molecule has 2 rings (SSSR count). The lowest BCUT2D eigenvalue weighted by Crippen LogP contribution is -2.02. The quantitative estimate of drug-likeness (QED) is 0.596. The van der Waals surface area contributed by atoms with Crippen LogP contribution in [0, 0.1) is 6.42 Å². The number of rotatable bonds is 1. The van der Waals surface area contributed by atoms with E-state index in [1.807, 2.05) is 11.3 Å². The van der Waals surface area contributed by atoms with Crippen molar-refractivity contribution in [3.05, 3.63) is 28.8 Å². The Morgan fingerprint density at radius 1 is 1.27 bits per heavy atom. The summed E-state index contributed by atoms with van der Waals surface area (Å²) in [5.41, 5.74) is 0. The summed E-state index contributed by atoms with van der Waals surface area (Å²) >= 11 is 1.92. The van der Waals surface area contributed by atoms with Gasteiger partial charge < -0.3 is 0 Å². The number of hydrogen-bond acceptors (Lipinski definition) is 1. The fourth-order valence-corrected chi connectivity index (χ4v) is 2.63. The van der Waals surface area contributed by atoms with Crippen molar-refractivity contribution in [3.63, 3.8) is 0 Å². The van der Waals surface area contributed by atoms with Crippen LogP contribution in [0.1, 0.15) is 36.5 Å². The van der Waals surface area contributed by atoms with Crippen LogP contribution in [0.4, 0.5) is 0 Å². The highest BCUT2D eigenvalue weighted by Gasteiger charge is 2.15. The van der Waals surface area contributed by atoms with E-state index in [1.165, 1.54) is 25.7 Å². The highest BCUT2D eigenvalue weighted by Crippen LogP contribution is 2.34. The minimum Gasteiger partial charge on any atom is -0.149 e. The number of thiophene rings is 1. The van der Waals surface area contributed by atoms with Gasteiger partial charge in [0.15, 0.2) is 0 Å². The topological polar surface area (TPSA) is 0 Å². The molecule has 11 heavy (non-hydrogen) atoms. The zero-order chi connectivity index (χ0) is 7.52. The van der Waals surface area contributed by atoms with E-state index in [0.717, 1.165) is 5.92 Å². The van der Waals surface area contributed by atoms with Gasteiger partial charge in [-0.1, -0.05) is 6.07 Å². The molecule has 0 aromatic carbocycles. The Morgan fingerprint density at radius 3 is 2.73 bits per heavy atom. The molecule has 0 spiro atoms. The van der Waals surface area contributed by atoms with Crippen molar-refractivity contribution >= 4 is 11.3 Å². The fraction of sp³-hybridized carbons (Fsp3) is 0.500. The van der Waals surface area contributed by atoms with E-state index >= 15 is 0 Å². The van der Waals surface area contributed by atoms with Gasteiger partial charge in [0.2, 0.25) is 0 Å². The van der Waals surface area contributed by atoms with E-state index in [-0.39, 0.29) is 0 Å². The highest BCUT2D eigenvalue weighted by molar-refractivity contribution is 7.10. The van der Waals surface area contributed by atoms with Gasteiger partial charge in [0, 0.05) is 4.88 Å². The van der Waals surface area contributed by atoms with Crippen LogP contribution in [0.15, 0.2) is 17.5 Å². The van der Waals surface area contributed by atoms with Crippen LogP contribution in [-0.4, -0.2) is 0 Å². The SMILES string of the molecule is [CH]1CCC(c2cccs2)CC1. The summed E-state index contributed by atoms with van der Waals surface area (Å²) in [5.74, 6) is 0.875. The first kappa shape index (κ1) is 7.35. The second kappa shape index (κ2) is 3.40. The maximum absolute atomic E-state index is 2.42. The predicted octanol–water partition coefficient (Wildman–Crippen LogP) is 3.61. The summed E-state index contributed by atoms with van der Waals surface area (Å²) in [6, 6.07) is 4.44. The summed E-state index contributed by atoms with van der Waals surface area (Å²) in [7, 11) is 0. The zero-order valence-electron chi connectivity index (χ0n) is 6.62. The Hall–Kier alpha value is -0.300. The van der Waals surface area contributed by atoms with Gasteiger partial charge in [-0.3, -0.25) is 0 Å². The van der Waals surface area contributed by atoms with Gasteiger partial charge in [0.1, 0.15) is 0 Å². The molecule has 0 saturated heterocycles. The van der Waals surface area contributed by atoms with Crippen LogP contribution in [0.2, 0.25) is 0 Å². The lowest BCUT2D eigenvalue weighted by atomic mass is 9.88. The van der Waals surface area contributed by atoms with Crippen LogP contribution >= 0.6 is 11.3 Å². The summed E-state index contributed by atoms with van der Waals surface area (Å²) in [4.78, 5) is 1.60. The van der Waals surface area contributed by atoms with Crippen molar-refractivity contribution in [2.75, 3.05) is 0 Å². The molecule has 1 fully saturated rings. The van der Waals surface area contributed by atoms with E-state index in [1.54, 1.807) is 4.88 Å². The molecule has 0 nitrogen and oxygen atoms in total. The molecule has 1 radical (unpaired) electrons. The Bertz CT molecular complexity index is 195. The van der Waals surface area contributed by atoms with E-state index < -0.39 is 0 Å². The van der Waals surface area contributed by atoms with Crippen molar-refractivity contribution in [2.24, 2.45) is 0 Å². The molecule has 59 valence electrons. The molecule has 0 aliphatic heterocycles. The van der Waals surface area contributed by atoms with E-state index in [2.05, 4.69) is 23.9 Å². The monoisotopic (exact) mass is 165 g/mol. The van der Waals surface area contributed by atoms with Gasteiger partial charge in [-0.25, -0.2) is 0 Å². The summed E-state index contributed by atoms with van der Waals surface area (Å²) in [6.07, 6.45) is 7.82. The van der Waals surface area contributed by atoms with Crippen LogP contribution in [0.5, 0.6) is 0 Å². The maximum atomic E-state index is 2.42. The first-order chi connectivity index (χ1) is 5.47. The minimum atomic E-state index is 0.875. The molecule has 1 aliphatic carbocycles. The third kappa shape index (κ3) is 1.64. The van der Waals surface area contributed by atoms with Crippen LogP contribution in [0.25, 0.3) is 0 Å². The first-order valence-corrected chi connectivity index (χ1v) is 5.20. The molecule has 0 N–H and O–H groups in total. The standard InChI is InChI=1S/C10H13S/c1-2-5-9(6-3-1)10-7-4-8-11-10/h1,4,7-9H,2-3,5-6H2. The van der Waals surface area contributed by atoms with Crippen molar-refractivity contribution in [1.82, 2.24) is 0 Å². The van der Waals surface area contributed by atoms with Crippen LogP contribution < -0.4 is 0 Å². The highest BCUT2D eigenvalue weighted by atomic mass is 32.1. The average Bonchev–Trinajstić information content (AvgIpc) is 2.58. The van der Waals surface area contributed by atoms with E-state index in [4.69, 9.17) is 0 Å². The molecule has 1 aromatic rings. The van der Waals surface area contributed by atoms with E-state index in [0.29, 0.717) is 0 Å². The molecule has 1 saturated carbocycles. The molecule has 1 heterocycles. The molecule has 1 heteroatoms. The second-order valence-electron chi connectivity index (χ2n) is 3.16. The van der Waals surface area contributed by atoms with Crippen molar-refractivity contribution < 1.29 is 0 Å². The van der Waals surface area contributed by atoms with Gasteiger partial charge in [-0.15, -0.1) is 11.3 Å². The molecule has 0 atom stereocenters. The largest absolute Gasteiger partial charge is 0.149 e. The fourth-order valence-electron chi connectivity index (χ4n) is 1.73. The van der Waals surface area contributed by atoms with Crippen molar-refractivity contribution in [1.29, 1.82) is 0 Å². The summed E-state index contributed by atoms with van der Waals surface area (Å²) in [5, 5.41) is 2.19. The van der Waals surface area contributed by atoms with Crippen LogP contribution in [0.3, 0.4) is 0 Å². The Morgan fingerprint density at radius 2 is 2.09 bits per heavy atom. The third-order valence-electron chi connectivity index (χ3n) is 2.38. The first-order valence-electron chi connectivity index (χ1n) is 4.32.